The SMILES string of the molecule is CCC(C)CC(=O)/C=C(\O)CC(C)C.Cc1[c-]c(-c2cc(CC(C)C)c3cc(-c4ccccc4)ccc3n2)cc(C)c1.[Ir]. The minimum absolute atomic E-state index is 0. The molecule has 0 saturated carbocycles. The fraction of sp³-hybridized carbons (Fsp3) is 0.385. The molecule has 3 nitrogen and oxygen atoms in total. The number of hydrogen-bond donors (Lipinski definition) is 1. The van der Waals surface area contributed by atoms with Crippen LogP contribution < -0.4 is 0 Å². The average molecular weight is 755 g/mol. The number of benzene rings is 3. The first-order valence-corrected chi connectivity index (χ1v) is 15.4. The zero-order valence-corrected chi connectivity index (χ0v) is 29.5. The van der Waals surface area contributed by atoms with Crippen LogP contribution in [0.25, 0.3) is 33.3 Å². The summed E-state index contributed by atoms with van der Waals surface area (Å²) < 4.78 is 0. The Hall–Kier alpha value is -3.07. The van der Waals surface area contributed by atoms with Crippen LogP contribution in [0, 0.1) is 37.7 Å². The number of aryl methyl sites for hydroxylation is 2. The summed E-state index contributed by atoms with van der Waals surface area (Å²) in [5.41, 5.74) is 9.40. The number of hydrogen-bond acceptors (Lipinski definition) is 3. The molecule has 0 aliphatic heterocycles. The number of pyridine rings is 1. The quantitative estimate of drug-likeness (QED) is 0.0996. The number of carbonyl (C=O) groups is 1. The maximum absolute atomic E-state index is 11.4. The number of aliphatic hydroxyl groups excluding tert-OH is 1. The second-order valence-electron chi connectivity index (χ2n) is 12.5. The normalized spacial score (nSPS) is 12.1. The van der Waals surface area contributed by atoms with Crippen LogP contribution in [0.2, 0.25) is 0 Å². The minimum atomic E-state index is 0. The maximum Gasteiger partial charge on any atom is 0.159 e. The Morgan fingerprint density at radius 1 is 0.884 bits per heavy atom. The first-order chi connectivity index (χ1) is 19.9. The standard InChI is InChI=1S/C27H26N.C12H22O2.Ir/c1-18(2)12-23-17-27(24-14-19(3)13-20(4)15-24)28-26-11-10-22(16-25(23)26)21-8-6-5-7-9-21;1-5-10(4)7-12(14)8-11(13)6-9(2)3;/h5-11,13-14,16-18H,12H2,1-4H3;8-10,13H,5-7H2,1-4H3;/q-1;;/b;11-8-;. The first-order valence-electron chi connectivity index (χ1n) is 15.4. The largest absolute Gasteiger partial charge is 0.512 e. The van der Waals surface area contributed by atoms with Gasteiger partial charge in [-0.1, -0.05) is 104 Å². The zero-order valence-electron chi connectivity index (χ0n) is 27.1. The summed E-state index contributed by atoms with van der Waals surface area (Å²) in [4.78, 5) is 16.4. The van der Waals surface area contributed by atoms with Gasteiger partial charge in [0.15, 0.2) is 5.78 Å². The molecule has 0 saturated heterocycles. The summed E-state index contributed by atoms with van der Waals surface area (Å²) in [7, 11) is 0. The van der Waals surface area contributed by atoms with Gasteiger partial charge in [-0.3, -0.25) is 9.78 Å². The van der Waals surface area contributed by atoms with E-state index >= 15 is 0 Å². The number of fused-ring (bicyclic) bond motifs is 1. The molecule has 3 aromatic carbocycles. The van der Waals surface area contributed by atoms with E-state index in [9.17, 15) is 9.90 Å². The topological polar surface area (TPSA) is 50.2 Å². The van der Waals surface area contributed by atoms with Crippen LogP contribution in [0.5, 0.6) is 0 Å². The van der Waals surface area contributed by atoms with Gasteiger partial charge in [0.05, 0.1) is 11.3 Å². The number of aliphatic hydroxyl groups is 1. The molecular formula is C39H48IrNO2-. The Morgan fingerprint density at radius 3 is 2.19 bits per heavy atom. The monoisotopic (exact) mass is 755 g/mol. The van der Waals surface area contributed by atoms with E-state index in [1.165, 1.54) is 33.7 Å². The van der Waals surface area contributed by atoms with Crippen LogP contribution in [0.3, 0.4) is 0 Å². The molecule has 0 fully saturated rings. The van der Waals surface area contributed by atoms with E-state index in [1.807, 2.05) is 20.8 Å². The smallest absolute Gasteiger partial charge is 0.159 e. The molecule has 1 radical (unpaired) electrons. The van der Waals surface area contributed by atoms with Gasteiger partial charge in [-0.05, 0) is 58.7 Å². The Bertz CT molecular complexity index is 1480. The molecule has 1 heterocycles. The molecule has 0 spiro atoms. The minimum Gasteiger partial charge on any atom is -0.512 e. The Balaban J connectivity index is 0.000000369. The van der Waals surface area contributed by atoms with Crippen molar-refractivity contribution in [3.63, 3.8) is 0 Å². The summed E-state index contributed by atoms with van der Waals surface area (Å²) in [6, 6.07) is 27.3. The third-order valence-electron chi connectivity index (χ3n) is 7.25. The van der Waals surface area contributed by atoms with Crippen LogP contribution in [0.4, 0.5) is 0 Å². The summed E-state index contributed by atoms with van der Waals surface area (Å²) in [6.45, 7) is 16.9. The van der Waals surface area contributed by atoms with Crippen molar-refractivity contribution in [2.24, 2.45) is 17.8 Å². The van der Waals surface area contributed by atoms with Gasteiger partial charge in [0, 0.05) is 44.4 Å². The summed E-state index contributed by atoms with van der Waals surface area (Å²) in [6.07, 6.45) is 4.55. The van der Waals surface area contributed by atoms with Crippen LogP contribution in [0.15, 0.2) is 78.6 Å². The van der Waals surface area contributed by atoms with Gasteiger partial charge < -0.3 is 5.11 Å². The van der Waals surface area contributed by atoms with E-state index in [4.69, 9.17) is 4.98 Å². The van der Waals surface area contributed by atoms with E-state index in [2.05, 4.69) is 107 Å². The molecule has 0 amide bonds. The number of nitrogens with zero attached hydrogens (tertiary/aromatic N) is 1. The Kier molecular flexibility index (Phi) is 14.5. The van der Waals surface area contributed by atoms with Gasteiger partial charge >= 0.3 is 0 Å². The van der Waals surface area contributed by atoms with E-state index < -0.39 is 0 Å². The van der Waals surface area contributed by atoms with E-state index in [1.54, 1.807) is 0 Å². The number of allylic oxidation sites excluding steroid dienone is 2. The molecule has 4 aromatic rings. The molecule has 4 rings (SSSR count). The zero-order chi connectivity index (χ0) is 30.8. The molecule has 0 aliphatic carbocycles. The summed E-state index contributed by atoms with van der Waals surface area (Å²) in [5.74, 6) is 1.64. The van der Waals surface area contributed by atoms with Crippen molar-refractivity contribution in [1.82, 2.24) is 4.98 Å². The third kappa shape index (κ3) is 11.5. The van der Waals surface area contributed by atoms with Gasteiger partial charge in [0.2, 0.25) is 0 Å². The Labute approximate surface area is 273 Å². The van der Waals surface area contributed by atoms with Gasteiger partial charge in [-0.2, -0.15) is 0 Å². The van der Waals surface area contributed by atoms with Gasteiger partial charge in [0.25, 0.3) is 0 Å². The molecule has 1 N–H and O–H groups in total. The second kappa shape index (κ2) is 17.3. The number of ketones is 1. The number of carbonyl (C=O) groups excluding carboxylic acids is 1. The molecule has 1 unspecified atom stereocenters. The second-order valence-corrected chi connectivity index (χ2v) is 12.5. The van der Waals surface area contributed by atoms with Gasteiger partial charge in [-0.25, -0.2) is 0 Å². The fourth-order valence-electron chi connectivity index (χ4n) is 5.10. The first kappa shape index (κ1) is 36.1. The molecule has 4 heteroatoms. The van der Waals surface area contributed by atoms with Crippen molar-refractivity contribution in [3.05, 3.63) is 101 Å². The van der Waals surface area contributed by atoms with Crippen LogP contribution in [-0.2, 0) is 31.3 Å². The number of rotatable bonds is 10. The average Bonchev–Trinajstić information content (AvgIpc) is 2.92. The van der Waals surface area contributed by atoms with Crippen molar-refractivity contribution in [3.8, 4) is 22.4 Å². The maximum atomic E-state index is 11.4. The fourth-order valence-corrected chi connectivity index (χ4v) is 5.10. The molecule has 43 heavy (non-hydrogen) atoms. The molecular weight excluding hydrogens is 707 g/mol. The molecule has 1 aromatic heterocycles. The summed E-state index contributed by atoms with van der Waals surface area (Å²) in [5, 5.41) is 10.7. The number of aromatic nitrogens is 1. The third-order valence-corrected chi connectivity index (χ3v) is 7.25. The molecule has 0 aliphatic rings. The molecule has 1 atom stereocenters. The Morgan fingerprint density at radius 2 is 1.58 bits per heavy atom. The van der Waals surface area contributed by atoms with Crippen LogP contribution >= 0.6 is 0 Å². The predicted octanol–water partition coefficient (Wildman–Crippen LogP) is 10.7. The van der Waals surface area contributed by atoms with E-state index in [0.717, 1.165) is 35.2 Å². The van der Waals surface area contributed by atoms with Crippen LogP contribution in [-0.4, -0.2) is 15.9 Å². The van der Waals surface area contributed by atoms with Crippen molar-refractivity contribution in [2.45, 2.75) is 81.1 Å². The predicted molar refractivity (Wildman–Crippen MR) is 179 cm³/mol. The molecule has 231 valence electrons. The van der Waals surface area contributed by atoms with Crippen molar-refractivity contribution >= 4 is 16.7 Å². The van der Waals surface area contributed by atoms with Crippen LogP contribution in [0.1, 0.15) is 77.5 Å². The summed E-state index contributed by atoms with van der Waals surface area (Å²) >= 11 is 0. The van der Waals surface area contributed by atoms with E-state index in [0.29, 0.717) is 30.6 Å². The van der Waals surface area contributed by atoms with E-state index in [-0.39, 0.29) is 31.6 Å². The van der Waals surface area contributed by atoms with Crippen molar-refractivity contribution in [1.29, 1.82) is 0 Å². The van der Waals surface area contributed by atoms with Gasteiger partial charge in [-0.15, -0.1) is 34.9 Å². The molecule has 0 bridgehead atoms. The van der Waals surface area contributed by atoms with Crippen molar-refractivity contribution in [2.75, 3.05) is 0 Å². The van der Waals surface area contributed by atoms with Gasteiger partial charge in [0.1, 0.15) is 0 Å². The van der Waals surface area contributed by atoms with Crippen molar-refractivity contribution < 1.29 is 30.0 Å².